The number of aromatic amines is 1. The average molecular weight is 881 g/mol. The molecule has 1 aromatic heterocycles. The predicted molar refractivity (Wildman–Crippen MR) is 243 cm³/mol. The predicted octanol–water partition coefficient (Wildman–Crippen LogP) is 3.39. The largest absolute Gasteiger partial charge is 0.508 e. The Bertz CT molecular complexity index is 2320. The topological polar surface area (TPSA) is 237 Å². The van der Waals surface area contributed by atoms with Crippen molar-refractivity contribution in [3.8, 4) is 5.75 Å². The maximum Gasteiger partial charge on any atom is 0.261 e. The van der Waals surface area contributed by atoms with Gasteiger partial charge < -0.3 is 37.1 Å². The molecule has 15 nitrogen and oxygen atoms in total. The number of nitrogens with two attached hydrogens (primary N) is 1. The number of amides is 6. The molecule has 0 aliphatic heterocycles. The quantitative estimate of drug-likeness (QED) is 0.0557. The number of carbonyl (C=O) groups is 6. The average Bonchev–Trinajstić information content (AvgIpc) is 3.67. The van der Waals surface area contributed by atoms with E-state index in [1.165, 1.54) is 19.1 Å². The Labute approximate surface area is 373 Å². The third-order valence-electron chi connectivity index (χ3n) is 10.4. The van der Waals surface area contributed by atoms with Gasteiger partial charge >= 0.3 is 0 Å². The van der Waals surface area contributed by atoms with Crippen LogP contribution in [0.25, 0.3) is 10.9 Å². The van der Waals surface area contributed by atoms with Crippen LogP contribution in [0.5, 0.6) is 5.75 Å². The fourth-order valence-corrected chi connectivity index (χ4v) is 6.88. The molecule has 4 aromatic carbocycles. The zero-order chi connectivity index (χ0) is 44.8. The van der Waals surface area contributed by atoms with Gasteiger partial charge in [-0.3, -0.25) is 39.6 Å². The molecule has 0 bridgehead atoms. The molecule has 5 atom stereocenters. The number of para-hydroxylation sites is 1. The van der Waals surface area contributed by atoms with E-state index in [0.29, 0.717) is 17.0 Å². The molecule has 0 saturated carbocycles. The van der Waals surface area contributed by atoms with E-state index in [-0.39, 0.29) is 43.3 Å². The highest BCUT2D eigenvalue weighted by Crippen LogP contribution is 2.21. The molecular weight excluding hydrogens is 824 g/mol. The molecule has 0 aliphatic carbocycles. The summed E-state index contributed by atoms with van der Waals surface area (Å²) in [5.74, 6) is -3.81. The standard InChI is InChI=1S/C47H56N8O7.ClH/c1-28(2)22-32-14-18-34(19-15-32)29(3)43(58)53-41(25-35-26-49-39-13-9-8-12-37(35)39)47(62)55-54-46(61)40(24-31-10-6-5-7-11-31)52-42(57)27-50-44(59)30(4)51-45(60)38(48)23-33-16-20-36(56)21-17-33;/h5-21,26,28-30,38,40-41,49,56H,22-25,27,48H2,1-4H3,(H,50,59)(H,51,60)(H,52,57)(H,53,58)(H,54,61)(H,55,62);1H/t29?,30-,38+,40+,41+;/m1./s1. The Hall–Kier alpha value is -6.71. The SMILES string of the molecule is CC(C)Cc1ccc(C(C)C(=O)N[C@@H](Cc2c[nH]c3ccccc23)C(=O)NNC(=O)[C@H](Cc2ccccc2)NC(=O)CNC(=O)[C@@H](C)NC(=O)[C@@H](N)Cc2ccc(O)cc2)cc1.Cl. The van der Waals surface area contributed by atoms with E-state index in [0.717, 1.165) is 34.0 Å². The highest BCUT2D eigenvalue weighted by Gasteiger charge is 2.28. The number of hydrogen-bond acceptors (Lipinski definition) is 8. The molecule has 0 saturated heterocycles. The lowest BCUT2D eigenvalue weighted by molar-refractivity contribution is -0.134. The molecule has 63 heavy (non-hydrogen) atoms. The minimum absolute atomic E-state index is 0. The molecule has 5 rings (SSSR count). The number of rotatable bonds is 19. The minimum Gasteiger partial charge on any atom is -0.508 e. The van der Waals surface area contributed by atoms with Crippen LogP contribution in [0, 0.1) is 5.92 Å². The van der Waals surface area contributed by atoms with Crippen LogP contribution in [0.4, 0.5) is 0 Å². The molecule has 10 N–H and O–H groups in total. The minimum atomic E-state index is -1.20. The van der Waals surface area contributed by atoms with Gasteiger partial charge in [-0.1, -0.05) is 98.8 Å². The summed E-state index contributed by atoms with van der Waals surface area (Å²) in [4.78, 5) is 83.2. The van der Waals surface area contributed by atoms with E-state index in [4.69, 9.17) is 5.73 Å². The molecule has 334 valence electrons. The lowest BCUT2D eigenvalue weighted by atomic mass is 9.95. The molecule has 6 amide bonds. The number of carbonyl (C=O) groups excluding carboxylic acids is 6. The smallest absolute Gasteiger partial charge is 0.261 e. The number of hydrogen-bond donors (Lipinski definition) is 9. The summed E-state index contributed by atoms with van der Waals surface area (Å²) >= 11 is 0. The maximum atomic E-state index is 13.9. The number of nitrogens with one attached hydrogen (secondary N) is 7. The van der Waals surface area contributed by atoms with Crippen LogP contribution in [0.15, 0.2) is 109 Å². The molecule has 0 aliphatic rings. The van der Waals surface area contributed by atoms with Crippen molar-refractivity contribution in [1.82, 2.24) is 37.1 Å². The first-order valence-electron chi connectivity index (χ1n) is 20.7. The summed E-state index contributed by atoms with van der Waals surface area (Å²) in [6, 6.07) is 26.2. The number of phenolic OH excluding ortho intramolecular Hbond substituents is 1. The Kier molecular flexibility index (Phi) is 18.3. The highest BCUT2D eigenvalue weighted by molar-refractivity contribution is 5.95. The maximum absolute atomic E-state index is 13.9. The summed E-state index contributed by atoms with van der Waals surface area (Å²) in [7, 11) is 0. The van der Waals surface area contributed by atoms with Gasteiger partial charge in [0.2, 0.25) is 23.6 Å². The van der Waals surface area contributed by atoms with Gasteiger partial charge in [0.1, 0.15) is 23.9 Å². The van der Waals surface area contributed by atoms with E-state index in [1.54, 1.807) is 55.6 Å². The first-order chi connectivity index (χ1) is 29.7. The van der Waals surface area contributed by atoms with Gasteiger partial charge in [0.15, 0.2) is 0 Å². The zero-order valence-electron chi connectivity index (χ0n) is 35.8. The number of aromatic nitrogens is 1. The Morgan fingerprint density at radius 3 is 1.83 bits per heavy atom. The summed E-state index contributed by atoms with van der Waals surface area (Å²) in [6.07, 6.45) is 2.99. The van der Waals surface area contributed by atoms with Crippen LogP contribution < -0.4 is 37.9 Å². The fourth-order valence-electron chi connectivity index (χ4n) is 6.88. The summed E-state index contributed by atoms with van der Waals surface area (Å²) in [5.41, 5.74) is 15.9. The lowest BCUT2D eigenvalue weighted by Crippen LogP contribution is -2.58. The van der Waals surface area contributed by atoms with Crippen molar-refractivity contribution >= 4 is 58.8 Å². The van der Waals surface area contributed by atoms with Crippen molar-refractivity contribution in [3.05, 3.63) is 137 Å². The van der Waals surface area contributed by atoms with Crippen LogP contribution >= 0.6 is 12.4 Å². The first-order valence-corrected chi connectivity index (χ1v) is 20.7. The number of H-pyrrole nitrogens is 1. The monoisotopic (exact) mass is 880 g/mol. The normalized spacial score (nSPS) is 13.3. The van der Waals surface area contributed by atoms with Crippen molar-refractivity contribution < 1.29 is 33.9 Å². The molecule has 0 spiro atoms. The van der Waals surface area contributed by atoms with Gasteiger partial charge in [-0.25, -0.2) is 0 Å². The van der Waals surface area contributed by atoms with Gasteiger partial charge in [0, 0.05) is 29.9 Å². The number of halogens is 1. The van der Waals surface area contributed by atoms with E-state index >= 15 is 0 Å². The van der Waals surface area contributed by atoms with E-state index in [9.17, 15) is 33.9 Å². The number of aromatic hydroxyl groups is 1. The summed E-state index contributed by atoms with van der Waals surface area (Å²) in [5, 5.41) is 20.9. The number of hydrazine groups is 1. The first kappa shape index (κ1) is 49.0. The van der Waals surface area contributed by atoms with Crippen LogP contribution in [0.1, 0.15) is 61.4 Å². The Morgan fingerprint density at radius 1 is 0.603 bits per heavy atom. The van der Waals surface area contributed by atoms with E-state index in [1.807, 2.05) is 48.5 Å². The second kappa shape index (κ2) is 23.5. The molecule has 0 radical (unpaired) electrons. The van der Waals surface area contributed by atoms with E-state index in [2.05, 4.69) is 51.0 Å². The van der Waals surface area contributed by atoms with Crippen LogP contribution in [-0.4, -0.2) is 76.2 Å². The molecule has 0 fully saturated rings. The molecule has 1 unspecified atom stereocenters. The van der Waals surface area contributed by atoms with Gasteiger partial charge in [-0.05, 0) is 78.6 Å². The van der Waals surface area contributed by atoms with Crippen molar-refractivity contribution in [2.75, 3.05) is 6.54 Å². The van der Waals surface area contributed by atoms with Crippen LogP contribution in [0.3, 0.4) is 0 Å². The molecule has 16 heteroatoms. The third kappa shape index (κ3) is 14.7. The van der Waals surface area contributed by atoms with Crippen molar-refractivity contribution in [2.45, 2.75) is 83.5 Å². The second-order valence-corrected chi connectivity index (χ2v) is 15.9. The summed E-state index contributed by atoms with van der Waals surface area (Å²) in [6.45, 7) is 6.96. The number of benzene rings is 4. The Morgan fingerprint density at radius 2 is 1.17 bits per heavy atom. The van der Waals surface area contributed by atoms with Gasteiger partial charge in [0.25, 0.3) is 11.8 Å². The molecule has 5 aromatic rings. The van der Waals surface area contributed by atoms with Gasteiger partial charge in [-0.2, -0.15) is 0 Å². The number of fused-ring (bicyclic) bond motifs is 1. The molecule has 1 heterocycles. The fraction of sp³-hybridized carbons (Fsp3) is 0.319. The van der Waals surface area contributed by atoms with Crippen LogP contribution in [-0.2, 0) is 54.5 Å². The van der Waals surface area contributed by atoms with Gasteiger partial charge in [-0.15, -0.1) is 12.4 Å². The van der Waals surface area contributed by atoms with E-state index < -0.39 is 66.2 Å². The Balaban J connectivity index is 0.00000871. The lowest BCUT2D eigenvalue weighted by Gasteiger charge is -2.23. The van der Waals surface area contributed by atoms with Crippen molar-refractivity contribution in [3.63, 3.8) is 0 Å². The number of phenols is 1. The van der Waals surface area contributed by atoms with Crippen molar-refractivity contribution in [1.29, 1.82) is 0 Å². The van der Waals surface area contributed by atoms with Gasteiger partial charge in [0.05, 0.1) is 18.5 Å². The third-order valence-corrected chi connectivity index (χ3v) is 10.4. The second-order valence-electron chi connectivity index (χ2n) is 15.9. The highest BCUT2D eigenvalue weighted by atomic mass is 35.5. The zero-order valence-corrected chi connectivity index (χ0v) is 36.6. The molecular formula is C47H57ClN8O7. The van der Waals surface area contributed by atoms with Crippen molar-refractivity contribution in [2.24, 2.45) is 11.7 Å². The summed E-state index contributed by atoms with van der Waals surface area (Å²) < 4.78 is 0. The van der Waals surface area contributed by atoms with Crippen LogP contribution in [0.2, 0.25) is 0 Å².